The second-order valence-corrected chi connectivity index (χ2v) is 8.40. The fraction of sp³-hybridized carbons (Fsp3) is 0.143. The van der Waals surface area contributed by atoms with Crippen LogP contribution in [0.3, 0.4) is 0 Å². The number of carbonyl (C=O) groups is 1. The van der Waals surface area contributed by atoms with E-state index in [9.17, 15) is 4.79 Å². The number of hydrogen-bond donors (Lipinski definition) is 0. The first kappa shape index (κ1) is 18.8. The second-order valence-electron chi connectivity index (χ2n) is 6.53. The number of hydrazone groups is 1. The largest absolute Gasteiger partial charge is 0.467 e. The summed E-state index contributed by atoms with van der Waals surface area (Å²) in [4.78, 5) is 14.0. The third kappa shape index (κ3) is 3.81. The molecule has 3 aromatic heterocycles. The Balaban J connectivity index is 1.31. The van der Waals surface area contributed by atoms with Crippen LogP contribution in [0.1, 0.15) is 23.1 Å². The minimum Gasteiger partial charge on any atom is -0.467 e. The highest BCUT2D eigenvalue weighted by atomic mass is 32.2. The number of thiophene rings is 1. The zero-order valence-corrected chi connectivity index (χ0v) is 17.3. The normalized spacial score (nSPS) is 16.1. The van der Waals surface area contributed by atoms with Crippen molar-refractivity contribution in [2.24, 2.45) is 5.10 Å². The molecule has 0 N–H and O–H groups in total. The molecule has 0 radical (unpaired) electrons. The first-order valence-electron chi connectivity index (χ1n) is 9.26. The van der Waals surface area contributed by atoms with E-state index >= 15 is 0 Å². The maximum absolute atomic E-state index is 13.0. The van der Waals surface area contributed by atoms with Gasteiger partial charge in [0.1, 0.15) is 11.8 Å². The third-order valence-electron chi connectivity index (χ3n) is 4.59. The van der Waals surface area contributed by atoms with Gasteiger partial charge in [-0.15, -0.1) is 21.5 Å². The van der Waals surface area contributed by atoms with Crippen LogP contribution in [0.2, 0.25) is 0 Å². The van der Waals surface area contributed by atoms with Crippen molar-refractivity contribution in [2.45, 2.75) is 17.7 Å². The van der Waals surface area contributed by atoms with Gasteiger partial charge in [0.15, 0.2) is 0 Å². The Morgan fingerprint density at radius 1 is 1.13 bits per heavy atom. The van der Waals surface area contributed by atoms with Gasteiger partial charge >= 0.3 is 0 Å². The second kappa shape index (κ2) is 8.29. The van der Waals surface area contributed by atoms with Gasteiger partial charge < -0.3 is 8.83 Å². The number of rotatable bonds is 6. The zero-order valence-electron chi connectivity index (χ0n) is 15.7. The van der Waals surface area contributed by atoms with E-state index in [1.165, 1.54) is 16.8 Å². The molecule has 5 rings (SSSR count). The Hall–Kier alpha value is -3.17. The minimum atomic E-state index is -0.257. The van der Waals surface area contributed by atoms with Gasteiger partial charge in [-0.3, -0.25) is 4.79 Å². The molecule has 0 aliphatic carbocycles. The molecule has 1 aliphatic rings. The lowest BCUT2D eigenvalue weighted by atomic mass is 10.1. The summed E-state index contributed by atoms with van der Waals surface area (Å²) < 4.78 is 11.2. The van der Waals surface area contributed by atoms with Crippen molar-refractivity contribution in [2.75, 3.05) is 5.75 Å². The summed E-state index contributed by atoms with van der Waals surface area (Å²) in [6, 6.07) is 16.9. The van der Waals surface area contributed by atoms with E-state index in [4.69, 9.17) is 8.83 Å². The van der Waals surface area contributed by atoms with Crippen LogP contribution < -0.4 is 0 Å². The molecular formula is C21H16N4O3S2. The molecule has 0 saturated heterocycles. The fourth-order valence-electron chi connectivity index (χ4n) is 3.19. The molecule has 9 heteroatoms. The zero-order chi connectivity index (χ0) is 20.3. The molecule has 1 aliphatic heterocycles. The monoisotopic (exact) mass is 436 g/mol. The van der Waals surface area contributed by atoms with Gasteiger partial charge in [-0.25, -0.2) is 5.01 Å². The lowest BCUT2D eigenvalue weighted by Crippen LogP contribution is -2.28. The topological polar surface area (TPSA) is 84.7 Å². The van der Waals surface area contributed by atoms with Crippen LogP contribution in [-0.4, -0.2) is 32.6 Å². The Bertz CT molecular complexity index is 1150. The predicted octanol–water partition coefficient (Wildman–Crippen LogP) is 4.86. The lowest BCUT2D eigenvalue weighted by Gasteiger charge is -2.19. The number of furan rings is 1. The van der Waals surface area contributed by atoms with E-state index in [0.717, 1.165) is 16.2 Å². The lowest BCUT2D eigenvalue weighted by molar-refractivity contribution is -0.130. The molecule has 0 bridgehead atoms. The average Bonchev–Trinajstić information content (AvgIpc) is 3.57. The van der Waals surface area contributed by atoms with Gasteiger partial charge in [0, 0.05) is 12.0 Å². The van der Waals surface area contributed by atoms with Gasteiger partial charge in [0.25, 0.3) is 11.1 Å². The first-order valence-corrected chi connectivity index (χ1v) is 11.1. The van der Waals surface area contributed by atoms with Gasteiger partial charge in [-0.05, 0) is 35.7 Å². The summed E-state index contributed by atoms with van der Waals surface area (Å²) in [6.07, 6.45) is 2.22. The van der Waals surface area contributed by atoms with Crippen LogP contribution in [-0.2, 0) is 4.79 Å². The minimum absolute atomic E-state index is 0.134. The van der Waals surface area contributed by atoms with Gasteiger partial charge in [0.2, 0.25) is 5.89 Å². The van der Waals surface area contributed by atoms with Crippen LogP contribution in [0.15, 0.2) is 85.4 Å². The first-order chi connectivity index (χ1) is 14.8. The summed E-state index contributed by atoms with van der Waals surface area (Å²) >= 11 is 2.81. The third-order valence-corrected chi connectivity index (χ3v) is 6.31. The summed E-state index contributed by atoms with van der Waals surface area (Å²) in [7, 11) is 0. The van der Waals surface area contributed by atoms with Crippen molar-refractivity contribution in [3.8, 4) is 11.5 Å². The van der Waals surface area contributed by atoms with Gasteiger partial charge in [0.05, 0.1) is 22.6 Å². The van der Waals surface area contributed by atoms with Gasteiger partial charge in [-0.1, -0.05) is 36.0 Å². The summed E-state index contributed by atoms with van der Waals surface area (Å²) in [6.45, 7) is 0. The van der Waals surface area contributed by atoms with Crippen LogP contribution in [0, 0.1) is 0 Å². The SMILES string of the molecule is O=C(CSc1nnc(-c2ccccc2)o1)N1N=C(c2cccs2)C[C@H]1c1ccco1. The number of hydrogen-bond acceptors (Lipinski definition) is 8. The standard InChI is InChI=1S/C21H16N4O3S2/c26-19(13-30-21-23-22-20(28-21)14-6-2-1-3-7-14)25-16(17-8-4-10-27-17)12-15(24-25)18-9-5-11-29-18/h1-11,16H,12-13H2/t16-/m0/s1. The van der Waals surface area contributed by atoms with Crippen LogP contribution in [0.5, 0.6) is 0 Å². The number of nitrogens with zero attached hydrogens (tertiary/aromatic N) is 4. The highest BCUT2D eigenvalue weighted by molar-refractivity contribution is 7.99. The number of amides is 1. The highest BCUT2D eigenvalue weighted by Crippen LogP contribution is 2.35. The molecule has 1 amide bonds. The number of thioether (sulfide) groups is 1. The Morgan fingerprint density at radius 3 is 2.80 bits per heavy atom. The molecule has 0 spiro atoms. The quantitative estimate of drug-likeness (QED) is 0.401. The Labute approximate surface area is 180 Å². The maximum Gasteiger partial charge on any atom is 0.277 e. The van der Waals surface area contributed by atoms with Crippen LogP contribution in [0.25, 0.3) is 11.5 Å². The van der Waals surface area contributed by atoms with Crippen molar-refractivity contribution < 1.29 is 13.6 Å². The van der Waals surface area contributed by atoms with Gasteiger partial charge in [-0.2, -0.15) is 5.10 Å². The molecule has 4 aromatic rings. The number of benzene rings is 1. The van der Waals surface area contributed by atoms with Crippen molar-refractivity contribution in [1.29, 1.82) is 0 Å². The highest BCUT2D eigenvalue weighted by Gasteiger charge is 2.35. The molecule has 7 nitrogen and oxygen atoms in total. The Morgan fingerprint density at radius 2 is 2.03 bits per heavy atom. The smallest absolute Gasteiger partial charge is 0.277 e. The van der Waals surface area contributed by atoms with E-state index in [0.29, 0.717) is 23.3 Å². The van der Waals surface area contributed by atoms with Crippen LogP contribution >= 0.6 is 23.1 Å². The number of carbonyl (C=O) groups excluding carboxylic acids is 1. The van der Waals surface area contributed by atoms with E-state index in [-0.39, 0.29) is 17.7 Å². The van der Waals surface area contributed by atoms with E-state index in [1.807, 2.05) is 60.0 Å². The molecule has 4 heterocycles. The summed E-state index contributed by atoms with van der Waals surface area (Å²) in [5, 5.41) is 16.6. The maximum atomic E-state index is 13.0. The molecular weight excluding hydrogens is 420 g/mol. The molecule has 1 atom stereocenters. The number of aromatic nitrogens is 2. The molecule has 0 fully saturated rings. The molecule has 0 unspecified atom stereocenters. The molecule has 0 saturated carbocycles. The van der Waals surface area contributed by atoms with Crippen LogP contribution in [0.4, 0.5) is 0 Å². The molecule has 30 heavy (non-hydrogen) atoms. The molecule has 1 aromatic carbocycles. The van der Waals surface area contributed by atoms with Crippen molar-refractivity contribution >= 4 is 34.7 Å². The van der Waals surface area contributed by atoms with Crippen molar-refractivity contribution in [1.82, 2.24) is 15.2 Å². The average molecular weight is 437 g/mol. The predicted molar refractivity (Wildman–Crippen MR) is 114 cm³/mol. The molecule has 150 valence electrons. The summed E-state index contributed by atoms with van der Waals surface area (Å²) in [5.74, 6) is 1.13. The van der Waals surface area contributed by atoms with E-state index in [2.05, 4.69) is 15.3 Å². The summed E-state index contributed by atoms with van der Waals surface area (Å²) in [5.41, 5.74) is 1.72. The van der Waals surface area contributed by atoms with E-state index in [1.54, 1.807) is 17.6 Å². The van der Waals surface area contributed by atoms with Crippen molar-refractivity contribution in [3.63, 3.8) is 0 Å². The Kier molecular flexibility index (Phi) is 5.20. The van der Waals surface area contributed by atoms with Crippen molar-refractivity contribution in [3.05, 3.63) is 76.9 Å². The van der Waals surface area contributed by atoms with E-state index < -0.39 is 0 Å². The fourth-order valence-corrected chi connectivity index (χ4v) is 4.53.